The van der Waals surface area contributed by atoms with Crippen LogP contribution in [0, 0.1) is 6.92 Å². The summed E-state index contributed by atoms with van der Waals surface area (Å²) in [6, 6.07) is 10.3. The summed E-state index contributed by atoms with van der Waals surface area (Å²) in [7, 11) is 0. The topological polar surface area (TPSA) is 70.7 Å². The van der Waals surface area contributed by atoms with Gasteiger partial charge in [0.15, 0.2) is 0 Å². The van der Waals surface area contributed by atoms with Crippen LogP contribution in [0.1, 0.15) is 21.5 Å². The number of nitrogens with one attached hydrogen (secondary N) is 2. The SMILES string of the molecule is Cc1c(NC(=O)NCCc2ccc(Cl)cc2Cl)cccc1C(=O)N1CCOCC1. The highest BCUT2D eigenvalue weighted by Gasteiger charge is 2.21. The minimum absolute atomic E-state index is 0.0489. The summed E-state index contributed by atoms with van der Waals surface area (Å²) in [5.41, 5.74) is 2.83. The second-order valence-corrected chi connectivity index (χ2v) is 7.59. The molecular formula is C21H23Cl2N3O3. The number of hydrogen-bond donors (Lipinski definition) is 2. The lowest BCUT2D eigenvalue weighted by molar-refractivity contribution is 0.0302. The Morgan fingerprint density at radius 3 is 2.62 bits per heavy atom. The highest BCUT2D eigenvalue weighted by Crippen LogP contribution is 2.22. The summed E-state index contributed by atoms with van der Waals surface area (Å²) in [6.45, 7) is 4.48. The molecule has 0 aromatic heterocycles. The van der Waals surface area contributed by atoms with Gasteiger partial charge in [-0.3, -0.25) is 4.79 Å². The molecule has 0 radical (unpaired) electrons. The van der Waals surface area contributed by atoms with E-state index in [1.807, 2.05) is 13.0 Å². The van der Waals surface area contributed by atoms with Gasteiger partial charge in [0.2, 0.25) is 0 Å². The minimum Gasteiger partial charge on any atom is -0.378 e. The summed E-state index contributed by atoms with van der Waals surface area (Å²) in [5.74, 6) is -0.0489. The van der Waals surface area contributed by atoms with Crippen LogP contribution in [0.25, 0.3) is 0 Å². The zero-order valence-electron chi connectivity index (χ0n) is 16.1. The Labute approximate surface area is 180 Å². The maximum Gasteiger partial charge on any atom is 0.319 e. The first-order chi connectivity index (χ1) is 14.0. The van der Waals surface area contributed by atoms with Crippen molar-refractivity contribution >= 4 is 40.8 Å². The van der Waals surface area contributed by atoms with Crippen LogP contribution < -0.4 is 10.6 Å². The molecule has 29 heavy (non-hydrogen) atoms. The molecule has 6 nitrogen and oxygen atoms in total. The molecule has 0 aliphatic carbocycles. The van der Waals surface area contributed by atoms with Gasteiger partial charge in [0.25, 0.3) is 5.91 Å². The number of nitrogens with zero attached hydrogens (tertiary/aromatic N) is 1. The van der Waals surface area contributed by atoms with E-state index < -0.39 is 0 Å². The predicted molar refractivity (Wildman–Crippen MR) is 115 cm³/mol. The number of benzene rings is 2. The van der Waals surface area contributed by atoms with Gasteiger partial charge in [-0.15, -0.1) is 0 Å². The van der Waals surface area contributed by atoms with E-state index >= 15 is 0 Å². The number of rotatable bonds is 5. The lowest BCUT2D eigenvalue weighted by Crippen LogP contribution is -2.41. The molecule has 3 amide bonds. The fourth-order valence-electron chi connectivity index (χ4n) is 3.14. The Morgan fingerprint density at radius 1 is 1.14 bits per heavy atom. The Hall–Kier alpha value is -2.28. The van der Waals surface area contributed by atoms with Crippen LogP contribution >= 0.6 is 23.2 Å². The standard InChI is InChI=1S/C21H23Cl2N3O3/c1-14-17(20(27)26-9-11-29-12-10-26)3-2-4-19(14)25-21(28)24-8-7-15-5-6-16(22)13-18(15)23/h2-6,13H,7-12H2,1H3,(H2,24,25,28). The molecule has 1 aliphatic rings. The van der Waals surface area contributed by atoms with Crippen molar-refractivity contribution in [2.24, 2.45) is 0 Å². The Kier molecular flexibility index (Phi) is 7.36. The maximum absolute atomic E-state index is 12.8. The summed E-state index contributed by atoms with van der Waals surface area (Å²) >= 11 is 12.0. The quantitative estimate of drug-likeness (QED) is 0.740. The van der Waals surface area contributed by atoms with Crippen LogP contribution in [0.5, 0.6) is 0 Å². The number of morpholine rings is 1. The second-order valence-electron chi connectivity index (χ2n) is 6.75. The van der Waals surface area contributed by atoms with Crippen LogP contribution in [0.15, 0.2) is 36.4 Å². The number of amides is 3. The monoisotopic (exact) mass is 435 g/mol. The van der Waals surface area contributed by atoms with Crippen molar-refractivity contribution in [2.75, 3.05) is 38.2 Å². The van der Waals surface area contributed by atoms with Crippen LogP contribution in [-0.4, -0.2) is 49.7 Å². The van der Waals surface area contributed by atoms with Crippen molar-refractivity contribution < 1.29 is 14.3 Å². The largest absolute Gasteiger partial charge is 0.378 e. The Bertz CT molecular complexity index is 899. The number of carbonyl (C=O) groups excluding carboxylic acids is 2. The van der Waals surface area contributed by atoms with E-state index in [0.29, 0.717) is 60.6 Å². The van der Waals surface area contributed by atoms with E-state index in [4.69, 9.17) is 27.9 Å². The number of halogens is 2. The summed E-state index contributed by atoms with van der Waals surface area (Å²) in [6.07, 6.45) is 0.581. The van der Waals surface area contributed by atoms with Crippen molar-refractivity contribution in [1.29, 1.82) is 0 Å². The van der Waals surface area contributed by atoms with Crippen molar-refractivity contribution in [3.8, 4) is 0 Å². The third-order valence-electron chi connectivity index (χ3n) is 4.81. The molecule has 1 saturated heterocycles. The van der Waals surface area contributed by atoms with Gasteiger partial charge in [-0.1, -0.05) is 35.3 Å². The number of ether oxygens (including phenoxy) is 1. The number of anilines is 1. The summed E-state index contributed by atoms with van der Waals surface area (Å²) < 4.78 is 5.30. The van der Waals surface area contributed by atoms with Gasteiger partial charge in [-0.05, 0) is 48.7 Å². The number of carbonyl (C=O) groups is 2. The second kappa shape index (κ2) is 9.96. The molecule has 3 rings (SSSR count). The fraction of sp³-hybridized carbons (Fsp3) is 0.333. The molecule has 8 heteroatoms. The lowest BCUT2D eigenvalue weighted by atomic mass is 10.1. The van der Waals surface area contributed by atoms with Crippen LogP contribution in [-0.2, 0) is 11.2 Å². The van der Waals surface area contributed by atoms with Crippen LogP contribution in [0.3, 0.4) is 0 Å². The molecule has 2 aromatic rings. The van der Waals surface area contributed by atoms with Gasteiger partial charge in [0.1, 0.15) is 0 Å². The first-order valence-corrected chi connectivity index (χ1v) is 10.2. The van der Waals surface area contributed by atoms with Gasteiger partial charge < -0.3 is 20.3 Å². The van der Waals surface area contributed by atoms with Crippen molar-refractivity contribution in [3.05, 3.63) is 63.1 Å². The highest BCUT2D eigenvalue weighted by molar-refractivity contribution is 6.35. The normalized spacial score (nSPS) is 13.8. The van der Waals surface area contributed by atoms with Gasteiger partial charge in [-0.25, -0.2) is 4.79 Å². The molecule has 1 aliphatic heterocycles. The average molecular weight is 436 g/mol. The minimum atomic E-state index is -0.339. The summed E-state index contributed by atoms with van der Waals surface area (Å²) in [4.78, 5) is 26.8. The zero-order valence-corrected chi connectivity index (χ0v) is 17.6. The maximum atomic E-state index is 12.8. The molecule has 0 saturated carbocycles. The van der Waals surface area contributed by atoms with Crippen molar-refractivity contribution in [3.63, 3.8) is 0 Å². The zero-order chi connectivity index (χ0) is 20.8. The van der Waals surface area contributed by atoms with Gasteiger partial charge >= 0.3 is 6.03 Å². The van der Waals surface area contributed by atoms with E-state index in [9.17, 15) is 9.59 Å². The molecular weight excluding hydrogens is 413 g/mol. The fourth-order valence-corrected chi connectivity index (χ4v) is 3.64. The van der Waals surface area contributed by atoms with E-state index in [1.54, 1.807) is 35.2 Å². The Morgan fingerprint density at radius 2 is 1.90 bits per heavy atom. The molecule has 0 spiro atoms. The van der Waals surface area contributed by atoms with E-state index in [-0.39, 0.29) is 11.9 Å². The number of urea groups is 1. The van der Waals surface area contributed by atoms with Gasteiger partial charge in [-0.2, -0.15) is 0 Å². The average Bonchev–Trinajstić information content (AvgIpc) is 2.71. The Balaban J connectivity index is 1.58. The first kappa shape index (κ1) is 21.4. The van der Waals surface area contributed by atoms with Crippen LogP contribution in [0.4, 0.5) is 10.5 Å². The summed E-state index contributed by atoms with van der Waals surface area (Å²) in [5, 5.41) is 6.78. The highest BCUT2D eigenvalue weighted by atomic mass is 35.5. The molecule has 1 fully saturated rings. The van der Waals surface area contributed by atoms with Gasteiger partial charge in [0, 0.05) is 40.9 Å². The molecule has 0 atom stereocenters. The molecule has 1 heterocycles. The van der Waals surface area contributed by atoms with Crippen LogP contribution in [0.2, 0.25) is 10.0 Å². The van der Waals surface area contributed by atoms with Crippen molar-refractivity contribution in [1.82, 2.24) is 10.2 Å². The third kappa shape index (κ3) is 5.63. The van der Waals surface area contributed by atoms with E-state index in [1.165, 1.54) is 0 Å². The molecule has 0 unspecified atom stereocenters. The third-order valence-corrected chi connectivity index (χ3v) is 5.39. The first-order valence-electron chi connectivity index (χ1n) is 9.41. The number of hydrogen-bond acceptors (Lipinski definition) is 3. The van der Waals surface area contributed by atoms with E-state index in [2.05, 4.69) is 10.6 Å². The van der Waals surface area contributed by atoms with Crippen molar-refractivity contribution in [2.45, 2.75) is 13.3 Å². The smallest absolute Gasteiger partial charge is 0.319 e. The predicted octanol–water partition coefficient (Wildman–Crippen LogP) is 4.14. The van der Waals surface area contributed by atoms with Gasteiger partial charge in [0.05, 0.1) is 13.2 Å². The molecule has 154 valence electrons. The van der Waals surface area contributed by atoms with E-state index in [0.717, 1.165) is 11.1 Å². The lowest BCUT2D eigenvalue weighted by Gasteiger charge is -2.27. The molecule has 2 N–H and O–H groups in total. The molecule has 0 bridgehead atoms. The molecule has 2 aromatic carbocycles.